The molecule has 0 aliphatic carbocycles. The van der Waals surface area contributed by atoms with Crippen molar-refractivity contribution in [2.24, 2.45) is 0 Å². The fourth-order valence-corrected chi connectivity index (χ4v) is 8.50. The molecule has 0 saturated heterocycles. The van der Waals surface area contributed by atoms with Crippen molar-refractivity contribution in [2.75, 3.05) is 60.0 Å². The van der Waals surface area contributed by atoms with Crippen LogP contribution in [0, 0.1) is 0 Å². The van der Waals surface area contributed by atoms with Crippen LogP contribution >= 0.6 is 0 Å². The number of methoxy groups -OCH3 is 1. The van der Waals surface area contributed by atoms with Crippen LogP contribution in [0.1, 0.15) is 43.7 Å². The van der Waals surface area contributed by atoms with E-state index in [2.05, 4.69) is 52.6 Å². The minimum Gasteiger partial charge on any atom is -0.489 e. The van der Waals surface area contributed by atoms with E-state index in [1.165, 1.54) is 7.11 Å². The Morgan fingerprint density at radius 1 is 0.244 bits per heavy atom. The van der Waals surface area contributed by atoms with Gasteiger partial charge < -0.3 is 71.1 Å². The van der Waals surface area contributed by atoms with E-state index in [1.54, 1.807) is 103 Å². The summed E-state index contributed by atoms with van der Waals surface area (Å²) >= 11 is 0. The fraction of sp³-hybridized carbons (Fsp3) is 0.203. The molecule has 0 aliphatic rings. The van der Waals surface area contributed by atoms with Gasteiger partial charge in [-0.3, -0.25) is 0 Å². The number of hydrogen-bond donors (Lipinski definition) is 0. The van der Waals surface area contributed by atoms with Crippen LogP contribution in [0.2, 0.25) is 0 Å². The van der Waals surface area contributed by atoms with E-state index in [0.717, 1.165) is 22.3 Å². The maximum absolute atomic E-state index is 13.3. The molecule has 7 rings (SSSR count). The number of esters is 1. The predicted octanol–water partition coefficient (Wildman–Crippen LogP) is 15.5. The molecule has 16 heteroatoms. The number of rotatable bonds is 43. The second kappa shape index (κ2) is 36.3. The van der Waals surface area contributed by atoms with Crippen LogP contribution in [0.3, 0.4) is 0 Å². The number of ether oxygens (including phenoxy) is 15. The van der Waals surface area contributed by atoms with E-state index >= 15 is 0 Å². The van der Waals surface area contributed by atoms with Crippen LogP contribution in [0.15, 0.2) is 229 Å². The van der Waals surface area contributed by atoms with Crippen LogP contribution < -0.4 is 66.3 Å². The molecule has 0 unspecified atom stereocenters. The van der Waals surface area contributed by atoms with Gasteiger partial charge in [-0.2, -0.15) is 0 Å². The molecule has 0 saturated carbocycles. The van der Waals surface area contributed by atoms with Crippen molar-refractivity contribution in [3.63, 3.8) is 0 Å². The van der Waals surface area contributed by atoms with Crippen molar-refractivity contribution in [1.82, 2.24) is 0 Å². The van der Waals surface area contributed by atoms with Gasteiger partial charge in [0, 0.05) is 42.5 Å². The van der Waals surface area contributed by atoms with Crippen LogP contribution in [0.5, 0.6) is 80.5 Å². The van der Waals surface area contributed by atoms with Gasteiger partial charge >= 0.3 is 5.97 Å². The standard InChI is InChI=1S/C74H76O16/c1-10-18-77-60-26-53(27-61(40-60)78-19-11-2)47-85-68-34-57(35-69(44-68)86-48-54-28-62(79-20-12-3)41-63(29-54)80-21-13-4)51-89-72-38-59(74(75)76-9)39-73(46-72)90-52-58-36-70(87-49-55-30-64(81-22-14-5)42-65(31-55)82-23-15-6)45-71(37-58)88-50-56-32-66(83-24-16-7)43-67(33-56)84-25-17-8/h10-17,26-46H,1-8,18-25,47-52H2,9H3. The van der Waals surface area contributed by atoms with Crippen LogP contribution in [0.4, 0.5) is 0 Å². The van der Waals surface area contributed by atoms with Gasteiger partial charge in [0.1, 0.15) is 173 Å². The quantitative estimate of drug-likeness (QED) is 0.0263. The molecule has 468 valence electrons. The third-order valence-electron chi connectivity index (χ3n) is 12.3. The molecule has 0 aromatic heterocycles. The summed E-state index contributed by atoms with van der Waals surface area (Å²) in [6.45, 7) is 33.1. The molecular weight excluding hydrogens is 1140 g/mol. The molecule has 0 bridgehead atoms. The average molecular weight is 1220 g/mol. The van der Waals surface area contributed by atoms with Gasteiger partial charge in [0.05, 0.1) is 12.7 Å². The summed E-state index contributed by atoms with van der Waals surface area (Å²) in [5.74, 6) is 6.55. The van der Waals surface area contributed by atoms with E-state index in [0.29, 0.717) is 144 Å². The Balaban J connectivity index is 1.17. The smallest absolute Gasteiger partial charge is 0.338 e. The van der Waals surface area contributed by atoms with Gasteiger partial charge in [-0.05, 0) is 118 Å². The highest BCUT2D eigenvalue weighted by molar-refractivity contribution is 5.90. The lowest BCUT2D eigenvalue weighted by Crippen LogP contribution is -2.06. The minimum absolute atomic E-state index is 0.00285. The molecule has 0 amide bonds. The Morgan fingerprint density at radius 2 is 0.389 bits per heavy atom. The largest absolute Gasteiger partial charge is 0.489 e. The van der Waals surface area contributed by atoms with E-state index in [9.17, 15) is 4.79 Å². The summed E-state index contributed by atoms with van der Waals surface area (Å²) < 4.78 is 91.1. The van der Waals surface area contributed by atoms with Crippen molar-refractivity contribution in [1.29, 1.82) is 0 Å². The number of carbonyl (C=O) groups is 1. The third kappa shape index (κ3) is 22.4. The molecule has 0 spiro atoms. The van der Waals surface area contributed by atoms with Gasteiger partial charge in [-0.15, -0.1) is 0 Å². The first-order valence-electron chi connectivity index (χ1n) is 28.7. The molecule has 0 radical (unpaired) electrons. The molecule has 90 heavy (non-hydrogen) atoms. The molecule has 16 nitrogen and oxygen atoms in total. The molecule has 0 N–H and O–H groups in total. The first kappa shape index (κ1) is 66.7. The van der Waals surface area contributed by atoms with Gasteiger partial charge in [-0.25, -0.2) is 4.79 Å². The summed E-state index contributed by atoms with van der Waals surface area (Å²) in [5.41, 5.74) is 4.63. The third-order valence-corrected chi connectivity index (χ3v) is 12.3. The zero-order valence-corrected chi connectivity index (χ0v) is 50.8. The summed E-state index contributed by atoms with van der Waals surface area (Å²) in [4.78, 5) is 13.3. The van der Waals surface area contributed by atoms with Gasteiger partial charge in [0.25, 0.3) is 0 Å². The van der Waals surface area contributed by atoms with Gasteiger partial charge in [0.15, 0.2) is 0 Å². The summed E-state index contributed by atoms with van der Waals surface area (Å²) in [5, 5.41) is 0. The normalized spacial score (nSPS) is 10.4. The van der Waals surface area contributed by atoms with Crippen molar-refractivity contribution in [2.45, 2.75) is 39.6 Å². The van der Waals surface area contributed by atoms with Crippen molar-refractivity contribution in [3.8, 4) is 80.5 Å². The van der Waals surface area contributed by atoms with Crippen LogP contribution in [-0.4, -0.2) is 65.9 Å². The topological polar surface area (TPSA) is 156 Å². The van der Waals surface area contributed by atoms with E-state index in [1.807, 2.05) is 72.8 Å². The van der Waals surface area contributed by atoms with Crippen LogP contribution in [0.25, 0.3) is 0 Å². The Kier molecular flexibility index (Phi) is 26.9. The lowest BCUT2D eigenvalue weighted by Gasteiger charge is -2.16. The molecule has 0 fully saturated rings. The maximum atomic E-state index is 13.3. The van der Waals surface area contributed by atoms with Crippen LogP contribution in [-0.2, 0) is 44.4 Å². The van der Waals surface area contributed by atoms with E-state index < -0.39 is 5.97 Å². The first-order valence-corrected chi connectivity index (χ1v) is 28.7. The molecule has 7 aromatic carbocycles. The number of carbonyl (C=O) groups excluding carboxylic acids is 1. The molecule has 0 atom stereocenters. The summed E-state index contributed by atoms with van der Waals surface area (Å²) in [6.07, 6.45) is 13.3. The van der Waals surface area contributed by atoms with Gasteiger partial charge in [0.2, 0.25) is 0 Å². The minimum atomic E-state index is -0.606. The van der Waals surface area contributed by atoms with Crippen molar-refractivity contribution in [3.05, 3.63) is 268 Å². The second-order valence-electron chi connectivity index (χ2n) is 19.6. The highest BCUT2D eigenvalue weighted by Gasteiger charge is 2.16. The predicted molar refractivity (Wildman–Crippen MR) is 348 cm³/mol. The lowest BCUT2D eigenvalue weighted by molar-refractivity contribution is 0.0599. The SMILES string of the molecule is C=CCOc1cc(COc2cc(COc3cc(OCc4cc(OCc5cc(OCC=C)cc(OCC=C)c5)cc(OCc5cc(OCC=C)cc(OCC=C)c5)c4)cc(C(=O)OC)c3)cc(OCc3cc(OCC=C)cc(OCC=C)c3)c2)cc(OCC=C)c1. The zero-order valence-electron chi connectivity index (χ0n) is 50.8. The highest BCUT2D eigenvalue weighted by Crippen LogP contribution is 2.34. The maximum Gasteiger partial charge on any atom is 0.338 e. The monoisotopic (exact) mass is 1220 g/mol. The molecule has 0 heterocycles. The summed E-state index contributed by atoms with van der Waals surface area (Å²) in [6, 6.07) is 37.9. The Hall–Kier alpha value is -10.9. The van der Waals surface area contributed by atoms with Crippen molar-refractivity contribution >= 4 is 5.97 Å². The fourth-order valence-electron chi connectivity index (χ4n) is 8.50. The average Bonchev–Trinajstić information content (AvgIpc) is 1.56. The van der Waals surface area contributed by atoms with E-state index in [4.69, 9.17) is 71.1 Å². The first-order chi connectivity index (χ1) is 44.0. The Morgan fingerprint density at radius 3 is 0.533 bits per heavy atom. The highest BCUT2D eigenvalue weighted by atomic mass is 16.5. The number of benzene rings is 7. The number of hydrogen-bond acceptors (Lipinski definition) is 16. The molecular formula is C74H76O16. The second-order valence-corrected chi connectivity index (χ2v) is 19.6. The molecule has 7 aromatic rings. The zero-order chi connectivity index (χ0) is 63.7. The van der Waals surface area contributed by atoms with E-state index in [-0.39, 0.29) is 45.2 Å². The lowest BCUT2D eigenvalue weighted by atomic mass is 10.1. The van der Waals surface area contributed by atoms with Crippen molar-refractivity contribution < 1.29 is 75.8 Å². The Labute approximate surface area is 527 Å². The summed E-state index contributed by atoms with van der Waals surface area (Å²) in [7, 11) is 1.30. The van der Waals surface area contributed by atoms with Gasteiger partial charge in [-0.1, -0.05) is 101 Å². The Bertz CT molecular complexity index is 3040. The molecule has 0 aliphatic heterocycles.